The van der Waals surface area contributed by atoms with E-state index in [1.807, 2.05) is 44.2 Å². The standard InChI is InChI=1S/C31H35ClF3N3O3/c1-3-23-20-37(30(40)25-11-10-22(18-27(25)32)31(33,34)35)15-16-38(23)28-13-12-24(21-8-6-5-7-9-21)29(41-4-2)26(28)19-36-14-17-39/h5-13,18,23,36,39H,3-4,14-17,19-20H2,1-2H3/t23-/m1/s1. The van der Waals surface area contributed by atoms with Crippen LogP contribution in [0.1, 0.15) is 41.8 Å². The molecule has 3 aromatic rings. The van der Waals surface area contributed by atoms with Crippen molar-refractivity contribution < 1.29 is 27.8 Å². The maximum atomic E-state index is 13.4. The highest BCUT2D eigenvalue weighted by Gasteiger charge is 2.34. The summed E-state index contributed by atoms with van der Waals surface area (Å²) in [5.74, 6) is 0.382. The number of nitrogens with zero attached hydrogens (tertiary/aromatic N) is 2. The second-order valence-electron chi connectivity index (χ2n) is 9.84. The van der Waals surface area contributed by atoms with E-state index >= 15 is 0 Å². The van der Waals surface area contributed by atoms with Crippen molar-refractivity contribution in [2.24, 2.45) is 0 Å². The fraction of sp³-hybridized carbons (Fsp3) is 0.387. The molecule has 0 radical (unpaired) electrons. The average molecular weight is 590 g/mol. The maximum absolute atomic E-state index is 13.4. The highest BCUT2D eigenvalue weighted by Crippen LogP contribution is 2.40. The highest BCUT2D eigenvalue weighted by atomic mass is 35.5. The number of aliphatic hydroxyl groups excluding tert-OH is 1. The quantitative estimate of drug-likeness (QED) is 0.274. The summed E-state index contributed by atoms with van der Waals surface area (Å²) in [7, 11) is 0. The van der Waals surface area contributed by atoms with Crippen LogP contribution >= 0.6 is 11.6 Å². The lowest BCUT2D eigenvalue weighted by Gasteiger charge is -2.43. The number of carbonyl (C=O) groups excluding carboxylic acids is 1. The first-order valence-electron chi connectivity index (χ1n) is 13.8. The number of benzene rings is 3. The molecule has 0 spiro atoms. The minimum Gasteiger partial charge on any atom is -0.493 e. The Balaban J connectivity index is 1.65. The van der Waals surface area contributed by atoms with E-state index < -0.39 is 11.7 Å². The molecule has 0 unspecified atom stereocenters. The largest absolute Gasteiger partial charge is 0.493 e. The van der Waals surface area contributed by atoms with E-state index in [9.17, 15) is 23.1 Å². The fourth-order valence-corrected chi connectivity index (χ4v) is 5.51. The Morgan fingerprint density at radius 1 is 1.10 bits per heavy atom. The Labute approximate surface area is 243 Å². The normalized spacial score (nSPS) is 15.7. The van der Waals surface area contributed by atoms with E-state index in [1.54, 1.807) is 4.90 Å². The Hall–Kier alpha value is -3.27. The molecule has 1 fully saturated rings. The monoisotopic (exact) mass is 589 g/mol. The van der Waals surface area contributed by atoms with Crippen molar-refractivity contribution in [3.8, 4) is 16.9 Å². The van der Waals surface area contributed by atoms with Crippen molar-refractivity contribution in [2.45, 2.75) is 39.0 Å². The summed E-state index contributed by atoms with van der Waals surface area (Å²) >= 11 is 6.14. The topological polar surface area (TPSA) is 65.0 Å². The third-order valence-electron chi connectivity index (χ3n) is 7.28. The summed E-state index contributed by atoms with van der Waals surface area (Å²) in [6.07, 6.45) is -3.80. The van der Waals surface area contributed by atoms with E-state index in [4.69, 9.17) is 16.3 Å². The average Bonchev–Trinajstić information content (AvgIpc) is 2.97. The molecule has 1 atom stereocenters. The molecule has 1 amide bonds. The molecule has 3 aromatic carbocycles. The third-order valence-corrected chi connectivity index (χ3v) is 7.59. The van der Waals surface area contributed by atoms with Gasteiger partial charge in [-0.3, -0.25) is 4.79 Å². The minimum absolute atomic E-state index is 0.00254. The number of aliphatic hydroxyl groups is 1. The van der Waals surface area contributed by atoms with Crippen LogP contribution in [0.25, 0.3) is 11.1 Å². The SMILES string of the molecule is CCOc1c(-c2ccccc2)ccc(N2CCN(C(=O)c3ccc(C(F)(F)F)cc3Cl)C[C@H]2CC)c1CNCCO. The summed E-state index contributed by atoms with van der Waals surface area (Å²) in [5, 5.41) is 12.5. The van der Waals surface area contributed by atoms with Crippen molar-refractivity contribution in [2.75, 3.05) is 44.3 Å². The number of hydrogen-bond acceptors (Lipinski definition) is 5. The second-order valence-corrected chi connectivity index (χ2v) is 10.2. The molecule has 1 saturated heterocycles. The third kappa shape index (κ3) is 6.97. The zero-order chi connectivity index (χ0) is 29.6. The van der Waals surface area contributed by atoms with Crippen LogP contribution in [-0.2, 0) is 12.7 Å². The lowest BCUT2D eigenvalue weighted by atomic mass is 9.97. The molecule has 0 aromatic heterocycles. The van der Waals surface area contributed by atoms with Crippen LogP contribution in [0.2, 0.25) is 5.02 Å². The molecule has 1 heterocycles. The van der Waals surface area contributed by atoms with Gasteiger partial charge in [-0.05, 0) is 49.2 Å². The number of piperazine rings is 1. The summed E-state index contributed by atoms with van der Waals surface area (Å²) < 4.78 is 45.5. The van der Waals surface area contributed by atoms with Gasteiger partial charge in [-0.1, -0.05) is 48.9 Å². The van der Waals surface area contributed by atoms with Crippen molar-refractivity contribution in [3.63, 3.8) is 0 Å². The Morgan fingerprint density at radius 2 is 1.85 bits per heavy atom. The number of halogens is 4. The van der Waals surface area contributed by atoms with Gasteiger partial charge in [-0.15, -0.1) is 0 Å². The van der Waals surface area contributed by atoms with Crippen LogP contribution < -0.4 is 15.0 Å². The maximum Gasteiger partial charge on any atom is 0.416 e. The van der Waals surface area contributed by atoms with Crippen molar-refractivity contribution in [1.82, 2.24) is 10.2 Å². The van der Waals surface area contributed by atoms with Gasteiger partial charge in [0, 0.05) is 55.6 Å². The smallest absolute Gasteiger partial charge is 0.416 e. The molecule has 220 valence electrons. The molecular formula is C31H35ClF3N3O3. The predicted molar refractivity (Wildman–Crippen MR) is 156 cm³/mol. The number of carbonyl (C=O) groups is 1. The molecule has 4 rings (SSSR count). The first kappa shape index (κ1) is 30.7. The molecule has 41 heavy (non-hydrogen) atoms. The summed E-state index contributed by atoms with van der Waals surface area (Å²) in [6.45, 7) is 6.65. The van der Waals surface area contributed by atoms with Crippen molar-refractivity contribution in [3.05, 3.63) is 82.4 Å². The van der Waals surface area contributed by atoms with Gasteiger partial charge in [-0.25, -0.2) is 0 Å². The van der Waals surface area contributed by atoms with Crippen molar-refractivity contribution in [1.29, 1.82) is 0 Å². The molecule has 0 saturated carbocycles. The molecular weight excluding hydrogens is 555 g/mol. The summed E-state index contributed by atoms with van der Waals surface area (Å²) in [4.78, 5) is 17.3. The van der Waals surface area contributed by atoms with Gasteiger partial charge in [0.05, 0.1) is 29.4 Å². The van der Waals surface area contributed by atoms with Crippen LogP contribution in [0.5, 0.6) is 5.75 Å². The van der Waals surface area contributed by atoms with Gasteiger partial charge < -0.3 is 25.0 Å². The zero-order valence-corrected chi connectivity index (χ0v) is 23.9. The van der Waals surface area contributed by atoms with Gasteiger partial charge in [-0.2, -0.15) is 13.2 Å². The summed E-state index contributed by atoms with van der Waals surface area (Å²) in [5.41, 5.74) is 3.11. The molecule has 0 aliphatic carbocycles. The molecule has 1 aliphatic rings. The van der Waals surface area contributed by atoms with E-state index in [-0.39, 0.29) is 29.1 Å². The first-order valence-corrected chi connectivity index (χ1v) is 14.2. The first-order chi connectivity index (χ1) is 19.7. The molecule has 1 aliphatic heterocycles. The van der Waals surface area contributed by atoms with E-state index in [2.05, 4.69) is 22.3 Å². The lowest BCUT2D eigenvalue weighted by molar-refractivity contribution is -0.137. The van der Waals surface area contributed by atoms with Gasteiger partial charge in [0.1, 0.15) is 5.75 Å². The number of anilines is 1. The van der Waals surface area contributed by atoms with Gasteiger partial charge >= 0.3 is 6.18 Å². The van der Waals surface area contributed by atoms with Gasteiger partial charge in [0.15, 0.2) is 0 Å². The molecule has 2 N–H and O–H groups in total. The molecule has 10 heteroatoms. The van der Waals surface area contributed by atoms with Crippen LogP contribution in [-0.4, -0.2) is 61.3 Å². The van der Waals surface area contributed by atoms with Crippen LogP contribution in [0.4, 0.5) is 18.9 Å². The number of rotatable bonds is 10. The summed E-state index contributed by atoms with van der Waals surface area (Å²) in [6, 6.07) is 16.9. The number of ether oxygens (including phenoxy) is 1. The van der Waals surface area contributed by atoms with E-state index in [0.717, 1.165) is 52.7 Å². The molecule has 6 nitrogen and oxygen atoms in total. The van der Waals surface area contributed by atoms with Gasteiger partial charge in [0.25, 0.3) is 5.91 Å². The predicted octanol–water partition coefficient (Wildman–Crippen LogP) is 6.25. The highest BCUT2D eigenvalue weighted by molar-refractivity contribution is 6.33. The lowest BCUT2D eigenvalue weighted by Crippen LogP contribution is -2.55. The number of hydrogen-bond donors (Lipinski definition) is 2. The number of nitrogens with one attached hydrogen (secondary N) is 1. The molecule has 0 bridgehead atoms. The van der Waals surface area contributed by atoms with E-state index in [0.29, 0.717) is 39.3 Å². The zero-order valence-electron chi connectivity index (χ0n) is 23.2. The van der Waals surface area contributed by atoms with Gasteiger partial charge in [0.2, 0.25) is 0 Å². The Bertz CT molecular complexity index is 1340. The van der Waals surface area contributed by atoms with Crippen molar-refractivity contribution >= 4 is 23.2 Å². The van der Waals surface area contributed by atoms with Crippen LogP contribution in [0.3, 0.4) is 0 Å². The number of amides is 1. The van der Waals surface area contributed by atoms with Crippen LogP contribution in [0, 0.1) is 0 Å². The van der Waals surface area contributed by atoms with Crippen LogP contribution in [0.15, 0.2) is 60.7 Å². The van der Waals surface area contributed by atoms with E-state index in [1.165, 1.54) is 0 Å². The minimum atomic E-state index is -4.54. The second kappa shape index (κ2) is 13.6. The Morgan fingerprint density at radius 3 is 2.49 bits per heavy atom. The fourth-order valence-electron chi connectivity index (χ4n) is 5.25. The number of alkyl halides is 3. The Kier molecular flexibility index (Phi) is 10.2.